The van der Waals surface area contributed by atoms with E-state index in [-0.39, 0.29) is 11.9 Å². The van der Waals surface area contributed by atoms with Gasteiger partial charge >= 0.3 is 11.9 Å². The zero-order chi connectivity index (χ0) is 21.4. The Balaban J connectivity index is 1.97. The molecule has 5 nitrogen and oxygen atoms in total. The fourth-order valence-corrected chi connectivity index (χ4v) is 4.27. The van der Waals surface area contributed by atoms with E-state index in [0.717, 1.165) is 17.5 Å². The summed E-state index contributed by atoms with van der Waals surface area (Å²) in [5.41, 5.74) is 1.17. The molecule has 0 radical (unpaired) electrons. The first-order valence-electron chi connectivity index (χ1n) is 10.3. The van der Waals surface area contributed by atoms with E-state index < -0.39 is 11.6 Å². The Morgan fingerprint density at radius 1 is 1.03 bits per heavy atom. The highest BCUT2D eigenvalue weighted by Gasteiger charge is 2.51. The van der Waals surface area contributed by atoms with Gasteiger partial charge in [-0.2, -0.15) is 0 Å². The fourth-order valence-electron chi connectivity index (χ4n) is 4.27. The number of esters is 2. The van der Waals surface area contributed by atoms with Crippen molar-refractivity contribution in [2.75, 3.05) is 14.2 Å². The Bertz CT molecular complexity index is 865. The van der Waals surface area contributed by atoms with E-state index in [4.69, 9.17) is 9.47 Å². The highest BCUT2D eigenvalue weighted by molar-refractivity contribution is 5.84. The highest BCUT2D eigenvalue weighted by Crippen LogP contribution is 2.38. The second-order valence-corrected chi connectivity index (χ2v) is 7.59. The van der Waals surface area contributed by atoms with Gasteiger partial charge in [0.15, 0.2) is 0 Å². The molecule has 2 aromatic rings. The molecule has 3 rings (SSSR count). The molecule has 1 heterocycles. The summed E-state index contributed by atoms with van der Waals surface area (Å²) in [7, 11) is 2.81. The smallest absolute Gasteiger partial charge is 0.326 e. The van der Waals surface area contributed by atoms with Crippen LogP contribution >= 0.6 is 0 Å². The van der Waals surface area contributed by atoms with E-state index in [1.807, 2.05) is 77.7 Å². The van der Waals surface area contributed by atoms with Crippen molar-refractivity contribution in [1.29, 1.82) is 0 Å². The molecule has 1 aliphatic rings. The van der Waals surface area contributed by atoms with Crippen molar-refractivity contribution in [2.24, 2.45) is 0 Å². The number of carbonyl (C=O) groups excluding carboxylic acids is 2. The van der Waals surface area contributed by atoms with Crippen molar-refractivity contribution in [3.8, 4) is 0 Å². The van der Waals surface area contributed by atoms with Gasteiger partial charge in [-0.05, 0) is 36.8 Å². The maximum absolute atomic E-state index is 13.1. The van der Waals surface area contributed by atoms with Crippen LogP contribution in [-0.4, -0.2) is 42.6 Å². The number of hydrogen-bond acceptors (Lipinski definition) is 5. The molecule has 1 aliphatic heterocycles. The average Bonchev–Trinajstić information content (AvgIpc) is 2.80. The number of benzene rings is 2. The first-order valence-corrected chi connectivity index (χ1v) is 10.3. The molecule has 0 saturated carbocycles. The Labute approximate surface area is 178 Å². The molecule has 30 heavy (non-hydrogen) atoms. The molecule has 1 saturated heterocycles. The Morgan fingerprint density at radius 3 is 2.33 bits per heavy atom. The van der Waals surface area contributed by atoms with Crippen molar-refractivity contribution in [2.45, 2.75) is 43.8 Å². The number of ether oxygens (including phenoxy) is 2. The van der Waals surface area contributed by atoms with Crippen LogP contribution < -0.4 is 0 Å². The van der Waals surface area contributed by atoms with E-state index in [1.165, 1.54) is 14.2 Å². The number of hydrogen-bond donors (Lipinski definition) is 0. The van der Waals surface area contributed by atoms with Crippen LogP contribution in [0.2, 0.25) is 0 Å². The van der Waals surface area contributed by atoms with Crippen LogP contribution in [0.15, 0.2) is 66.7 Å². The number of nitrogens with zero attached hydrogens (tertiary/aromatic N) is 1. The standard InChI is InChI=1S/C25H29NO4/c1-29-23(27)22-16-10-18-25(24(28)30-2,17-9-15-20-11-5-3-6-12-20)26(22)19-21-13-7-4-8-14-21/h3-9,11-15,22H,10,16-19H2,1-2H3/b15-9+/t22-,25+/m1/s1. The quantitative estimate of drug-likeness (QED) is 0.643. The lowest BCUT2D eigenvalue weighted by atomic mass is 9.79. The number of likely N-dealkylation sites (tertiary alicyclic amines) is 1. The van der Waals surface area contributed by atoms with Crippen LogP contribution in [0, 0.1) is 0 Å². The SMILES string of the molecule is COC(=O)[C@H]1CCC[C@@](C/C=C/c2ccccc2)(C(=O)OC)N1Cc1ccccc1. The van der Waals surface area contributed by atoms with E-state index in [1.54, 1.807) is 0 Å². The van der Waals surface area contributed by atoms with Gasteiger partial charge in [-0.15, -0.1) is 0 Å². The summed E-state index contributed by atoms with van der Waals surface area (Å²) in [6.07, 6.45) is 6.49. The van der Waals surface area contributed by atoms with Crippen LogP contribution in [0.1, 0.15) is 36.8 Å². The molecule has 0 unspecified atom stereocenters. The van der Waals surface area contributed by atoms with Crippen LogP contribution in [0.3, 0.4) is 0 Å². The maximum atomic E-state index is 13.1. The lowest BCUT2D eigenvalue weighted by Crippen LogP contribution is -2.62. The maximum Gasteiger partial charge on any atom is 0.326 e. The number of piperidine rings is 1. The molecule has 5 heteroatoms. The summed E-state index contributed by atoms with van der Waals surface area (Å²) in [5.74, 6) is -0.629. The molecular formula is C25H29NO4. The van der Waals surface area contributed by atoms with Gasteiger partial charge in [-0.3, -0.25) is 14.5 Å². The average molecular weight is 408 g/mol. The van der Waals surface area contributed by atoms with Crippen LogP contribution in [0.4, 0.5) is 0 Å². The van der Waals surface area contributed by atoms with Gasteiger partial charge in [0.2, 0.25) is 0 Å². The van der Waals surface area contributed by atoms with E-state index >= 15 is 0 Å². The van der Waals surface area contributed by atoms with E-state index in [0.29, 0.717) is 25.8 Å². The first-order chi connectivity index (χ1) is 14.6. The minimum absolute atomic E-state index is 0.314. The molecule has 0 aromatic heterocycles. The summed E-state index contributed by atoms with van der Waals surface area (Å²) in [5, 5.41) is 0. The van der Waals surface area contributed by atoms with Crippen LogP contribution in [-0.2, 0) is 25.6 Å². The second-order valence-electron chi connectivity index (χ2n) is 7.59. The number of rotatable bonds is 7. The van der Waals surface area contributed by atoms with E-state index in [2.05, 4.69) is 0 Å². The molecule has 0 bridgehead atoms. The molecule has 158 valence electrons. The summed E-state index contributed by atoms with van der Waals surface area (Å²) in [6.45, 7) is 0.467. The molecule has 0 spiro atoms. The predicted octanol–water partition coefficient (Wildman–Crippen LogP) is 4.23. The fraction of sp³-hybridized carbons (Fsp3) is 0.360. The molecule has 0 aliphatic carbocycles. The minimum Gasteiger partial charge on any atom is -0.468 e. The summed E-state index contributed by atoms with van der Waals surface area (Å²) < 4.78 is 10.3. The molecule has 1 fully saturated rings. The molecule has 2 aromatic carbocycles. The first kappa shape index (κ1) is 21.8. The third-order valence-electron chi connectivity index (χ3n) is 5.79. The topological polar surface area (TPSA) is 55.8 Å². The minimum atomic E-state index is -0.924. The monoisotopic (exact) mass is 407 g/mol. The van der Waals surface area contributed by atoms with Crippen molar-refractivity contribution < 1.29 is 19.1 Å². The van der Waals surface area contributed by atoms with Gasteiger partial charge in [0.25, 0.3) is 0 Å². The number of methoxy groups -OCH3 is 2. The summed E-state index contributed by atoms with van der Waals surface area (Å²) in [6, 6.07) is 19.3. The third kappa shape index (κ3) is 4.79. The largest absolute Gasteiger partial charge is 0.468 e. The van der Waals surface area contributed by atoms with Crippen molar-refractivity contribution in [1.82, 2.24) is 4.90 Å². The Hall–Kier alpha value is -2.92. The van der Waals surface area contributed by atoms with Gasteiger partial charge in [0, 0.05) is 6.54 Å². The van der Waals surface area contributed by atoms with Gasteiger partial charge < -0.3 is 9.47 Å². The predicted molar refractivity (Wildman–Crippen MR) is 116 cm³/mol. The molecule has 0 amide bonds. The lowest BCUT2D eigenvalue weighted by Gasteiger charge is -2.48. The Morgan fingerprint density at radius 2 is 1.70 bits per heavy atom. The lowest BCUT2D eigenvalue weighted by molar-refractivity contribution is -0.169. The molecule has 0 N–H and O–H groups in total. The number of carbonyl (C=O) groups is 2. The second kappa shape index (κ2) is 10.2. The summed E-state index contributed by atoms with van der Waals surface area (Å²) >= 11 is 0. The van der Waals surface area contributed by atoms with Crippen LogP contribution in [0.5, 0.6) is 0 Å². The van der Waals surface area contributed by atoms with Gasteiger partial charge in [-0.1, -0.05) is 72.8 Å². The van der Waals surface area contributed by atoms with Crippen molar-refractivity contribution >= 4 is 18.0 Å². The molecule has 2 atom stereocenters. The van der Waals surface area contributed by atoms with Crippen molar-refractivity contribution in [3.05, 3.63) is 77.9 Å². The third-order valence-corrected chi connectivity index (χ3v) is 5.79. The Kier molecular flexibility index (Phi) is 7.41. The molecular weight excluding hydrogens is 378 g/mol. The van der Waals surface area contributed by atoms with E-state index in [9.17, 15) is 9.59 Å². The zero-order valence-corrected chi connectivity index (χ0v) is 17.6. The van der Waals surface area contributed by atoms with Crippen LogP contribution in [0.25, 0.3) is 6.08 Å². The zero-order valence-electron chi connectivity index (χ0n) is 17.6. The summed E-state index contributed by atoms with van der Waals surface area (Å²) in [4.78, 5) is 27.8. The van der Waals surface area contributed by atoms with Gasteiger partial charge in [-0.25, -0.2) is 0 Å². The van der Waals surface area contributed by atoms with Gasteiger partial charge in [0.05, 0.1) is 14.2 Å². The normalized spacial score (nSPS) is 22.0. The highest BCUT2D eigenvalue weighted by atomic mass is 16.5. The van der Waals surface area contributed by atoms with Gasteiger partial charge in [0.1, 0.15) is 11.6 Å². The van der Waals surface area contributed by atoms with Crippen molar-refractivity contribution in [3.63, 3.8) is 0 Å².